The van der Waals surface area contributed by atoms with Gasteiger partial charge in [-0.3, -0.25) is 4.79 Å². The topological polar surface area (TPSA) is 67.3 Å². The second-order valence-electron chi connectivity index (χ2n) is 6.30. The molecule has 0 spiro atoms. The molecule has 1 fully saturated rings. The van der Waals surface area contributed by atoms with Crippen molar-refractivity contribution in [1.29, 1.82) is 0 Å². The fraction of sp³-hybridized carbons (Fsp3) is 0.333. The molecule has 0 bridgehead atoms. The fourth-order valence-electron chi connectivity index (χ4n) is 3.28. The number of nitrogens with zero attached hydrogens (tertiary/aromatic N) is 2. The highest BCUT2D eigenvalue weighted by Gasteiger charge is 2.34. The molecule has 1 unspecified atom stereocenters. The van der Waals surface area contributed by atoms with Crippen molar-refractivity contribution in [3.63, 3.8) is 0 Å². The summed E-state index contributed by atoms with van der Waals surface area (Å²) in [6, 6.07) is 11.5. The number of hydrogen-bond acceptors (Lipinski definition) is 6. The molecule has 2 aromatic heterocycles. The molecule has 0 radical (unpaired) electrons. The molecule has 1 amide bonds. The Morgan fingerprint density at radius 2 is 2.04 bits per heavy atom. The van der Waals surface area contributed by atoms with Crippen molar-refractivity contribution in [3.8, 4) is 9.88 Å². The molecule has 4 rings (SSSR count). The van der Waals surface area contributed by atoms with Crippen LogP contribution in [0.1, 0.15) is 23.0 Å². The van der Waals surface area contributed by atoms with E-state index in [0.29, 0.717) is 17.8 Å². The third-order valence-electron chi connectivity index (χ3n) is 4.57. The van der Waals surface area contributed by atoms with Gasteiger partial charge in [0.1, 0.15) is 5.01 Å². The van der Waals surface area contributed by atoms with Crippen LogP contribution in [-0.4, -0.2) is 48.3 Å². The van der Waals surface area contributed by atoms with Gasteiger partial charge in [0, 0.05) is 12.6 Å². The summed E-state index contributed by atoms with van der Waals surface area (Å²) in [5.74, 6) is 0.151. The Morgan fingerprint density at radius 3 is 2.73 bits per heavy atom. The van der Waals surface area contributed by atoms with Crippen LogP contribution in [0.15, 0.2) is 36.4 Å². The molecule has 0 N–H and O–H groups in total. The van der Waals surface area contributed by atoms with E-state index in [2.05, 4.69) is 4.98 Å². The smallest absolute Gasteiger partial charge is 0.264 e. The highest BCUT2D eigenvalue weighted by molar-refractivity contribution is 7.91. The number of benzene rings is 1. The van der Waals surface area contributed by atoms with Crippen molar-refractivity contribution in [2.45, 2.75) is 19.4 Å². The summed E-state index contributed by atoms with van der Waals surface area (Å²) >= 11 is 3.03. The first-order valence-electron chi connectivity index (χ1n) is 8.44. The molecule has 0 saturated carbocycles. The lowest BCUT2D eigenvalue weighted by molar-refractivity contribution is 0.0713. The maximum Gasteiger partial charge on any atom is 0.264 e. The van der Waals surface area contributed by atoms with E-state index in [1.807, 2.05) is 43.3 Å². The first kappa shape index (κ1) is 17.6. The Kier molecular flexibility index (Phi) is 4.58. The number of rotatable bonds is 4. The first-order chi connectivity index (χ1) is 12.5. The van der Waals surface area contributed by atoms with Crippen LogP contribution < -0.4 is 0 Å². The van der Waals surface area contributed by atoms with Gasteiger partial charge in [0.25, 0.3) is 5.91 Å². The second-order valence-corrected chi connectivity index (χ2v) is 10.6. The van der Waals surface area contributed by atoms with Crippen molar-refractivity contribution in [1.82, 2.24) is 9.88 Å². The van der Waals surface area contributed by atoms with Crippen LogP contribution in [0.4, 0.5) is 0 Å². The minimum Gasteiger partial charge on any atom is -0.334 e. The standard InChI is InChI=1S/C18H18N2O3S3/c1-2-20(12-9-10-26(22,23)11-12)18(21)16-8-7-15(24-16)17-19-13-5-3-4-6-14(13)25-17/h3-8,12H,2,9-11H2,1H3. The Hall–Kier alpha value is -1.77. The summed E-state index contributed by atoms with van der Waals surface area (Å²) in [7, 11) is -3.02. The zero-order valence-corrected chi connectivity index (χ0v) is 16.7. The lowest BCUT2D eigenvalue weighted by Gasteiger charge is -2.26. The molecule has 26 heavy (non-hydrogen) atoms. The molecule has 1 saturated heterocycles. The third kappa shape index (κ3) is 3.28. The van der Waals surface area contributed by atoms with E-state index in [1.165, 1.54) is 11.3 Å². The summed E-state index contributed by atoms with van der Waals surface area (Å²) in [5.41, 5.74) is 0.958. The molecule has 3 aromatic rings. The Balaban J connectivity index is 1.59. The van der Waals surface area contributed by atoms with Gasteiger partial charge in [-0.15, -0.1) is 22.7 Å². The van der Waals surface area contributed by atoms with Gasteiger partial charge in [0.2, 0.25) is 0 Å². The number of fused-ring (bicyclic) bond motifs is 1. The number of thiophene rings is 1. The van der Waals surface area contributed by atoms with Gasteiger partial charge in [-0.2, -0.15) is 0 Å². The highest BCUT2D eigenvalue weighted by atomic mass is 32.2. The lowest BCUT2D eigenvalue weighted by atomic mass is 10.2. The molecule has 1 atom stereocenters. The maximum absolute atomic E-state index is 12.9. The molecule has 5 nitrogen and oxygen atoms in total. The van der Waals surface area contributed by atoms with Crippen LogP contribution in [0.3, 0.4) is 0 Å². The van der Waals surface area contributed by atoms with Gasteiger partial charge in [-0.05, 0) is 37.6 Å². The van der Waals surface area contributed by atoms with Gasteiger partial charge in [0.15, 0.2) is 9.84 Å². The van der Waals surface area contributed by atoms with Crippen molar-refractivity contribution < 1.29 is 13.2 Å². The molecule has 8 heteroatoms. The van der Waals surface area contributed by atoms with Crippen molar-refractivity contribution >= 4 is 48.6 Å². The lowest BCUT2D eigenvalue weighted by Crippen LogP contribution is -2.40. The van der Waals surface area contributed by atoms with Gasteiger partial charge in [-0.25, -0.2) is 13.4 Å². The molecule has 1 aliphatic rings. The van der Waals surface area contributed by atoms with Crippen LogP contribution >= 0.6 is 22.7 Å². The van der Waals surface area contributed by atoms with Crippen molar-refractivity contribution in [2.75, 3.05) is 18.1 Å². The molecule has 136 valence electrons. The van der Waals surface area contributed by atoms with Crippen LogP contribution in [0.2, 0.25) is 0 Å². The zero-order valence-electron chi connectivity index (χ0n) is 14.2. The monoisotopic (exact) mass is 406 g/mol. The van der Waals surface area contributed by atoms with E-state index in [-0.39, 0.29) is 23.5 Å². The largest absolute Gasteiger partial charge is 0.334 e. The summed E-state index contributed by atoms with van der Waals surface area (Å²) in [6.45, 7) is 2.40. The number of aromatic nitrogens is 1. The van der Waals surface area contributed by atoms with Gasteiger partial charge < -0.3 is 4.90 Å². The maximum atomic E-state index is 12.9. The molecule has 1 aromatic carbocycles. The highest BCUT2D eigenvalue weighted by Crippen LogP contribution is 2.35. The Bertz CT molecular complexity index is 1040. The summed E-state index contributed by atoms with van der Waals surface area (Å²) in [6.07, 6.45) is 0.526. The Labute approximate surface area is 160 Å². The van der Waals surface area contributed by atoms with Crippen molar-refractivity contribution in [3.05, 3.63) is 41.3 Å². The van der Waals surface area contributed by atoms with E-state index in [0.717, 1.165) is 20.1 Å². The fourth-order valence-corrected chi connectivity index (χ4v) is 6.99. The number of carbonyl (C=O) groups excluding carboxylic acids is 1. The Morgan fingerprint density at radius 1 is 1.23 bits per heavy atom. The first-order valence-corrected chi connectivity index (χ1v) is 11.9. The van der Waals surface area contributed by atoms with Gasteiger partial charge >= 0.3 is 0 Å². The van der Waals surface area contributed by atoms with E-state index < -0.39 is 9.84 Å². The quantitative estimate of drug-likeness (QED) is 0.663. The average Bonchev–Trinajstić information content (AvgIpc) is 3.32. The summed E-state index contributed by atoms with van der Waals surface area (Å²) < 4.78 is 24.6. The molecule has 0 aliphatic carbocycles. The van der Waals surface area contributed by atoms with Crippen LogP contribution in [0.5, 0.6) is 0 Å². The number of amides is 1. The number of para-hydroxylation sites is 1. The van der Waals surface area contributed by atoms with Gasteiger partial charge in [0.05, 0.1) is 31.5 Å². The summed E-state index contributed by atoms with van der Waals surface area (Å²) in [4.78, 5) is 20.8. The molecular formula is C18H18N2O3S3. The number of thiazole rings is 1. The van der Waals surface area contributed by atoms with Gasteiger partial charge in [-0.1, -0.05) is 12.1 Å². The average molecular weight is 407 g/mol. The zero-order chi connectivity index (χ0) is 18.3. The molecular weight excluding hydrogens is 388 g/mol. The second kappa shape index (κ2) is 6.75. The third-order valence-corrected chi connectivity index (χ3v) is 8.60. The van der Waals surface area contributed by atoms with E-state index in [4.69, 9.17) is 0 Å². The molecule has 3 heterocycles. The SMILES string of the molecule is CCN(C(=O)c1ccc(-c2nc3ccccc3s2)s1)C1CCS(=O)(=O)C1. The van der Waals surface area contributed by atoms with E-state index in [9.17, 15) is 13.2 Å². The number of sulfone groups is 1. The minimum absolute atomic E-state index is 0.0721. The summed E-state index contributed by atoms with van der Waals surface area (Å²) in [5, 5.41) is 0.904. The number of hydrogen-bond donors (Lipinski definition) is 0. The minimum atomic E-state index is -3.02. The predicted molar refractivity (Wildman–Crippen MR) is 107 cm³/mol. The van der Waals surface area contributed by atoms with E-state index in [1.54, 1.807) is 16.2 Å². The van der Waals surface area contributed by atoms with Crippen molar-refractivity contribution in [2.24, 2.45) is 0 Å². The normalized spacial score (nSPS) is 19.0. The predicted octanol–water partition coefficient (Wildman–Crippen LogP) is 3.67. The number of carbonyl (C=O) groups is 1. The van der Waals surface area contributed by atoms with Crippen LogP contribution in [-0.2, 0) is 9.84 Å². The van der Waals surface area contributed by atoms with Crippen LogP contribution in [0.25, 0.3) is 20.1 Å². The molecule has 1 aliphatic heterocycles. The van der Waals surface area contributed by atoms with E-state index >= 15 is 0 Å². The van der Waals surface area contributed by atoms with Crippen LogP contribution in [0, 0.1) is 0 Å².